The molecule has 3 heterocycles. The predicted molar refractivity (Wildman–Crippen MR) is 86.5 cm³/mol. The number of likely N-dealkylation sites (tertiary alicyclic amines) is 1. The SMILES string of the molecule is O=C1CCC(c2nc(-c3ccccn3)no2)N1Cc1ccccc1. The van der Waals surface area contributed by atoms with Gasteiger partial charge >= 0.3 is 0 Å². The lowest BCUT2D eigenvalue weighted by atomic mass is 10.2. The lowest BCUT2D eigenvalue weighted by Gasteiger charge is -2.22. The van der Waals surface area contributed by atoms with Crippen molar-refractivity contribution in [2.24, 2.45) is 0 Å². The summed E-state index contributed by atoms with van der Waals surface area (Å²) in [7, 11) is 0. The number of amides is 1. The Bertz CT molecular complexity index is 832. The van der Waals surface area contributed by atoms with Crippen LogP contribution in [0.25, 0.3) is 11.5 Å². The maximum absolute atomic E-state index is 12.3. The van der Waals surface area contributed by atoms with Gasteiger partial charge in [-0.05, 0) is 24.1 Å². The van der Waals surface area contributed by atoms with Gasteiger partial charge in [0.1, 0.15) is 11.7 Å². The summed E-state index contributed by atoms with van der Waals surface area (Å²) in [6.45, 7) is 0.547. The predicted octanol–water partition coefficient (Wildman–Crippen LogP) is 3.00. The molecule has 0 radical (unpaired) electrons. The smallest absolute Gasteiger partial charge is 0.249 e. The molecule has 1 unspecified atom stereocenters. The Morgan fingerprint density at radius 1 is 1.12 bits per heavy atom. The van der Waals surface area contributed by atoms with Crippen molar-refractivity contribution in [1.82, 2.24) is 20.0 Å². The summed E-state index contributed by atoms with van der Waals surface area (Å²) in [5.41, 5.74) is 1.74. The number of nitrogens with zero attached hydrogens (tertiary/aromatic N) is 4. The molecule has 1 aliphatic heterocycles. The summed E-state index contributed by atoms with van der Waals surface area (Å²) in [5, 5.41) is 4.01. The molecule has 0 saturated carbocycles. The van der Waals surface area contributed by atoms with Gasteiger partial charge in [-0.25, -0.2) is 0 Å². The molecule has 24 heavy (non-hydrogen) atoms. The van der Waals surface area contributed by atoms with Gasteiger partial charge in [0.2, 0.25) is 17.6 Å². The number of hydrogen-bond acceptors (Lipinski definition) is 5. The fourth-order valence-electron chi connectivity index (χ4n) is 2.94. The highest BCUT2D eigenvalue weighted by Crippen LogP contribution is 2.33. The Morgan fingerprint density at radius 3 is 2.75 bits per heavy atom. The lowest BCUT2D eigenvalue weighted by molar-refractivity contribution is -0.129. The Hall–Kier alpha value is -3.02. The molecule has 0 N–H and O–H groups in total. The molecule has 0 bridgehead atoms. The van der Waals surface area contributed by atoms with Crippen molar-refractivity contribution in [2.45, 2.75) is 25.4 Å². The second kappa shape index (κ2) is 6.23. The molecule has 6 nitrogen and oxygen atoms in total. The highest BCUT2D eigenvalue weighted by Gasteiger charge is 2.36. The minimum absolute atomic E-state index is 0.112. The van der Waals surface area contributed by atoms with Crippen LogP contribution in [-0.4, -0.2) is 25.9 Å². The van der Waals surface area contributed by atoms with E-state index in [-0.39, 0.29) is 11.9 Å². The summed E-state index contributed by atoms with van der Waals surface area (Å²) >= 11 is 0. The molecule has 1 amide bonds. The molecule has 1 atom stereocenters. The molecule has 1 saturated heterocycles. The summed E-state index contributed by atoms with van der Waals surface area (Å²) in [6, 6.07) is 15.3. The maximum atomic E-state index is 12.3. The van der Waals surface area contributed by atoms with E-state index in [1.54, 1.807) is 6.20 Å². The Kier molecular flexibility index (Phi) is 3.78. The molecule has 1 fully saturated rings. The molecule has 6 heteroatoms. The van der Waals surface area contributed by atoms with E-state index in [4.69, 9.17) is 4.52 Å². The first-order valence-electron chi connectivity index (χ1n) is 7.89. The lowest BCUT2D eigenvalue weighted by Crippen LogP contribution is -2.27. The van der Waals surface area contributed by atoms with Crippen molar-refractivity contribution < 1.29 is 9.32 Å². The van der Waals surface area contributed by atoms with E-state index in [0.717, 1.165) is 5.56 Å². The van der Waals surface area contributed by atoms with E-state index in [1.807, 2.05) is 53.4 Å². The minimum Gasteiger partial charge on any atom is -0.337 e. The normalized spacial score (nSPS) is 17.4. The number of carbonyl (C=O) groups excluding carboxylic acids is 1. The Balaban J connectivity index is 1.59. The number of carbonyl (C=O) groups is 1. The zero-order chi connectivity index (χ0) is 16.4. The number of benzene rings is 1. The van der Waals surface area contributed by atoms with Crippen molar-refractivity contribution in [3.63, 3.8) is 0 Å². The van der Waals surface area contributed by atoms with Gasteiger partial charge in [-0.3, -0.25) is 9.78 Å². The molecule has 0 aliphatic carbocycles. The van der Waals surface area contributed by atoms with Crippen LogP contribution in [0.1, 0.15) is 30.3 Å². The van der Waals surface area contributed by atoms with Crippen LogP contribution in [-0.2, 0) is 11.3 Å². The standard InChI is InChI=1S/C18H16N4O2/c23-16-10-9-15(22(16)12-13-6-2-1-3-7-13)18-20-17(21-24-18)14-8-4-5-11-19-14/h1-8,11,15H,9-10,12H2. The van der Waals surface area contributed by atoms with Gasteiger partial charge in [0.15, 0.2) is 0 Å². The molecular formula is C18H16N4O2. The average Bonchev–Trinajstić information content (AvgIpc) is 3.25. The van der Waals surface area contributed by atoms with E-state index in [0.29, 0.717) is 36.8 Å². The Morgan fingerprint density at radius 2 is 1.96 bits per heavy atom. The van der Waals surface area contributed by atoms with Crippen LogP contribution in [0.15, 0.2) is 59.3 Å². The van der Waals surface area contributed by atoms with Crippen molar-refractivity contribution in [2.75, 3.05) is 0 Å². The maximum Gasteiger partial charge on any atom is 0.249 e. The van der Waals surface area contributed by atoms with E-state index >= 15 is 0 Å². The fraction of sp³-hybridized carbons (Fsp3) is 0.222. The number of hydrogen-bond donors (Lipinski definition) is 0. The summed E-state index contributed by atoms with van der Waals surface area (Å²) in [6.07, 6.45) is 2.88. The fourth-order valence-corrected chi connectivity index (χ4v) is 2.94. The summed E-state index contributed by atoms with van der Waals surface area (Å²) < 4.78 is 5.42. The van der Waals surface area contributed by atoms with Gasteiger partial charge in [0, 0.05) is 19.2 Å². The van der Waals surface area contributed by atoms with E-state index < -0.39 is 0 Å². The van der Waals surface area contributed by atoms with Crippen LogP contribution in [0, 0.1) is 0 Å². The monoisotopic (exact) mass is 320 g/mol. The molecule has 1 aromatic carbocycles. The first-order valence-corrected chi connectivity index (χ1v) is 7.89. The third-order valence-electron chi connectivity index (χ3n) is 4.14. The highest BCUT2D eigenvalue weighted by atomic mass is 16.5. The van der Waals surface area contributed by atoms with E-state index in [9.17, 15) is 4.79 Å². The molecule has 4 rings (SSSR count). The van der Waals surface area contributed by atoms with Gasteiger partial charge in [0.05, 0.1) is 0 Å². The largest absolute Gasteiger partial charge is 0.337 e. The molecule has 2 aromatic heterocycles. The van der Waals surface area contributed by atoms with Gasteiger partial charge in [-0.2, -0.15) is 4.98 Å². The summed E-state index contributed by atoms with van der Waals surface area (Å²) in [4.78, 5) is 22.8. The third kappa shape index (κ3) is 2.78. The first-order chi connectivity index (χ1) is 11.8. The van der Waals surface area contributed by atoms with Crippen LogP contribution >= 0.6 is 0 Å². The van der Waals surface area contributed by atoms with Crippen LogP contribution < -0.4 is 0 Å². The molecule has 1 aliphatic rings. The van der Waals surface area contributed by atoms with Crippen LogP contribution in [0.3, 0.4) is 0 Å². The van der Waals surface area contributed by atoms with Crippen LogP contribution in [0.2, 0.25) is 0 Å². The van der Waals surface area contributed by atoms with Gasteiger partial charge in [-0.1, -0.05) is 41.6 Å². The van der Waals surface area contributed by atoms with Gasteiger partial charge in [-0.15, -0.1) is 0 Å². The molecule has 120 valence electrons. The van der Waals surface area contributed by atoms with Gasteiger partial charge in [0.25, 0.3) is 0 Å². The number of rotatable bonds is 4. The topological polar surface area (TPSA) is 72.1 Å². The quantitative estimate of drug-likeness (QED) is 0.739. The first kappa shape index (κ1) is 14.6. The summed E-state index contributed by atoms with van der Waals surface area (Å²) in [5.74, 6) is 1.03. The van der Waals surface area contributed by atoms with E-state index in [1.165, 1.54) is 0 Å². The van der Waals surface area contributed by atoms with Crippen molar-refractivity contribution >= 4 is 5.91 Å². The van der Waals surface area contributed by atoms with Gasteiger partial charge < -0.3 is 9.42 Å². The van der Waals surface area contributed by atoms with Crippen molar-refractivity contribution in [3.8, 4) is 11.5 Å². The molecule has 0 spiro atoms. The average molecular weight is 320 g/mol. The highest BCUT2D eigenvalue weighted by molar-refractivity contribution is 5.78. The zero-order valence-electron chi connectivity index (χ0n) is 13.0. The second-order valence-corrected chi connectivity index (χ2v) is 5.73. The zero-order valence-corrected chi connectivity index (χ0v) is 13.0. The second-order valence-electron chi connectivity index (χ2n) is 5.73. The van der Waals surface area contributed by atoms with Crippen LogP contribution in [0.4, 0.5) is 0 Å². The molecular weight excluding hydrogens is 304 g/mol. The minimum atomic E-state index is -0.178. The van der Waals surface area contributed by atoms with Crippen molar-refractivity contribution in [1.29, 1.82) is 0 Å². The van der Waals surface area contributed by atoms with E-state index in [2.05, 4.69) is 15.1 Å². The third-order valence-corrected chi connectivity index (χ3v) is 4.14. The number of pyridine rings is 1. The molecule has 3 aromatic rings. The number of aromatic nitrogens is 3. The van der Waals surface area contributed by atoms with Crippen LogP contribution in [0.5, 0.6) is 0 Å². The van der Waals surface area contributed by atoms with Crippen molar-refractivity contribution in [3.05, 3.63) is 66.2 Å². The Labute approximate surface area is 139 Å².